The molecule has 0 radical (unpaired) electrons. The van der Waals surface area contributed by atoms with Crippen LogP contribution < -0.4 is 5.32 Å². The van der Waals surface area contributed by atoms with Crippen LogP contribution in [0.5, 0.6) is 0 Å². The molecule has 1 fully saturated rings. The number of rotatable bonds is 2. The predicted octanol–water partition coefficient (Wildman–Crippen LogP) is 2.46. The average molecular weight is 307 g/mol. The van der Waals surface area contributed by atoms with Gasteiger partial charge in [0.15, 0.2) is 9.84 Å². The van der Waals surface area contributed by atoms with Gasteiger partial charge in [-0.2, -0.15) is 0 Å². The summed E-state index contributed by atoms with van der Waals surface area (Å²) in [4.78, 5) is 7.95. The number of anilines is 1. The van der Waals surface area contributed by atoms with Crippen molar-refractivity contribution in [3.05, 3.63) is 24.0 Å². The third kappa shape index (κ3) is 3.05. The molecule has 1 aromatic heterocycles. The Morgan fingerprint density at radius 2 is 2.10 bits per heavy atom. The molecule has 2 heterocycles. The third-order valence-corrected chi connectivity index (χ3v) is 5.56. The number of hydrogen-bond acceptors (Lipinski definition) is 4. The van der Waals surface area contributed by atoms with E-state index < -0.39 is 9.84 Å². The summed E-state index contributed by atoms with van der Waals surface area (Å²) in [5.74, 6) is 1.46. The number of hydrogen-bond donors (Lipinski definition) is 2. The van der Waals surface area contributed by atoms with Crippen molar-refractivity contribution in [1.82, 2.24) is 9.97 Å². The predicted molar refractivity (Wildman–Crippen MR) is 85.5 cm³/mol. The smallest absolute Gasteiger partial charge is 0.152 e. The number of aromatic amines is 1. The van der Waals surface area contributed by atoms with E-state index in [1.54, 1.807) is 0 Å². The van der Waals surface area contributed by atoms with Gasteiger partial charge < -0.3 is 10.3 Å². The maximum atomic E-state index is 11.5. The molecule has 2 N–H and O–H groups in total. The molecule has 0 saturated carbocycles. The average Bonchev–Trinajstić information content (AvgIpc) is 2.91. The van der Waals surface area contributed by atoms with Gasteiger partial charge in [-0.1, -0.05) is 20.8 Å². The van der Waals surface area contributed by atoms with Crippen LogP contribution in [0.2, 0.25) is 0 Å². The van der Waals surface area contributed by atoms with E-state index in [9.17, 15) is 8.42 Å². The van der Waals surface area contributed by atoms with Crippen LogP contribution in [0, 0.1) is 0 Å². The van der Waals surface area contributed by atoms with Gasteiger partial charge in [-0.05, 0) is 24.6 Å². The molecule has 0 aliphatic carbocycles. The summed E-state index contributed by atoms with van der Waals surface area (Å²) >= 11 is 0. The molecule has 21 heavy (non-hydrogen) atoms. The molecule has 5 nitrogen and oxygen atoms in total. The highest BCUT2D eigenvalue weighted by Gasteiger charge is 2.27. The Labute approximate surface area is 125 Å². The van der Waals surface area contributed by atoms with Crippen molar-refractivity contribution in [3.63, 3.8) is 0 Å². The Morgan fingerprint density at radius 3 is 2.71 bits per heavy atom. The Balaban J connectivity index is 1.84. The lowest BCUT2D eigenvalue weighted by Gasteiger charge is -2.13. The van der Waals surface area contributed by atoms with Crippen molar-refractivity contribution in [3.8, 4) is 0 Å². The first-order chi connectivity index (χ1) is 9.73. The van der Waals surface area contributed by atoms with Crippen LogP contribution in [0.25, 0.3) is 11.0 Å². The lowest BCUT2D eigenvalue weighted by molar-refractivity contribution is 0.554. The van der Waals surface area contributed by atoms with Gasteiger partial charge in [0.2, 0.25) is 0 Å². The first-order valence-corrected chi connectivity index (χ1v) is 9.02. The number of fused-ring (bicyclic) bond motifs is 1. The molecule has 1 atom stereocenters. The Hall–Kier alpha value is -1.56. The summed E-state index contributed by atoms with van der Waals surface area (Å²) in [5, 5.41) is 3.31. The normalized spacial score (nSPS) is 21.8. The van der Waals surface area contributed by atoms with Gasteiger partial charge in [0, 0.05) is 17.1 Å². The van der Waals surface area contributed by atoms with E-state index >= 15 is 0 Å². The van der Waals surface area contributed by atoms with E-state index in [0.717, 1.165) is 22.5 Å². The fourth-order valence-corrected chi connectivity index (χ4v) is 4.27. The monoisotopic (exact) mass is 307 g/mol. The van der Waals surface area contributed by atoms with Crippen LogP contribution in [0.15, 0.2) is 18.2 Å². The molecule has 6 heteroatoms. The first kappa shape index (κ1) is 14.4. The molecule has 1 saturated heterocycles. The number of benzene rings is 1. The maximum Gasteiger partial charge on any atom is 0.152 e. The zero-order chi connectivity index (χ0) is 15.3. The van der Waals surface area contributed by atoms with Crippen molar-refractivity contribution >= 4 is 26.6 Å². The fraction of sp³-hybridized carbons (Fsp3) is 0.533. The van der Waals surface area contributed by atoms with Crippen molar-refractivity contribution < 1.29 is 8.42 Å². The standard InChI is InChI=1S/C15H21N3O2S/c1-15(2,3)14-17-12-5-4-10(8-13(12)18-14)16-11-6-7-21(19,20)9-11/h4-5,8,11,16H,6-7,9H2,1-3H3,(H,17,18). The summed E-state index contributed by atoms with van der Waals surface area (Å²) in [6.45, 7) is 6.35. The highest BCUT2D eigenvalue weighted by molar-refractivity contribution is 7.91. The van der Waals surface area contributed by atoms with Crippen molar-refractivity contribution in [2.75, 3.05) is 16.8 Å². The number of H-pyrrole nitrogens is 1. The van der Waals surface area contributed by atoms with Gasteiger partial charge in [0.05, 0.1) is 22.5 Å². The topological polar surface area (TPSA) is 74.8 Å². The molecule has 0 amide bonds. The molecular weight excluding hydrogens is 286 g/mol. The number of nitrogens with zero attached hydrogens (tertiary/aromatic N) is 1. The van der Waals surface area contributed by atoms with Gasteiger partial charge in [-0.25, -0.2) is 13.4 Å². The molecule has 1 unspecified atom stereocenters. The SMILES string of the molecule is CC(C)(C)c1nc2ccc(NC3CCS(=O)(=O)C3)cc2[nH]1. The number of aromatic nitrogens is 2. The van der Waals surface area contributed by atoms with E-state index in [4.69, 9.17) is 0 Å². The zero-order valence-corrected chi connectivity index (χ0v) is 13.4. The quantitative estimate of drug-likeness (QED) is 0.893. The minimum atomic E-state index is -2.86. The van der Waals surface area contributed by atoms with Gasteiger partial charge in [0.1, 0.15) is 5.82 Å². The summed E-state index contributed by atoms with van der Waals surface area (Å²) in [7, 11) is -2.86. The molecular formula is C15H21N3O2S. The third-order valence-electron chi connectivity index (χ3n) is 3.80. The minimum absolute atomic E-state index is 0.0115. The maximum absolute atomic E-state index is 11.5. The first-order valence-electron chi connectivity index (χ1n) is 7.20. The molecule has 1 aliphatic heterocycles. The van der Waals surface area contributed by atoms with E-state index in [1.165, 1.54) is 0 Å². The van der Waals surface area contributed by atoms with Crippen LogP contribution in [-0.4, -0.2) is 35.9 Å². The summed E-state index contributed by atoms with van der Waals surface area (Å²) < 4.78 is 23.0. The lowest BCUT2D eigenvalue weighted by atomic mass is 9.96. The highest BCUT2D eigenvalue weighted by atomic mass is 32.2. The van der Waals surface area contributed by atoms with E-state index in [1.807, 2.05) is 18.2 Å². The van der Waals surface area contributed by atoms with Crippen LogP contribution in [0.1, 0.15) is 33.0 Å². The molecule has 3 rings (SSSR count). The molecule has 1 aromatic carbocycles. The number of imidazole rings is 1. The van der Waals surface area contributed by atoms with Crippen molar-refractivity contribution in [2.45, 2.75) is 38.6 Å². The zero-order valence-electron chi connectivity index (χ0n) is 12.6. The van der Waals surface area contributed by atoms with Crippen LogP contribution in [0.4, 0.5) is 5.69 Å². The van der Waals surface area contributed by atoms with Gasteiger partial charge in [-0.15, -0.1) is 0 Å². The van der Waals surface area contributed by atoms with Crippen LogP contribution in [-0.2, 0) is 15.3 Å². The van der Waals surface area contributed by atoms with Gasteiger partial charge >= 0.3 is 0 Å². The van der Waals surface area contributed by atoms with Crippen molar-refractivity contribution in [2.24, 2.45) is 0 Å². The van der Waals surface area contributed by atoms with Crippen molar-refractivity contribution in [1.29, 1.82) is 0 Å². The molecule has 0 spiro atoms. The lowest BCUT2D eigenvalue weighted by Crippen LogP contribution is -2.20. The summed E-state index contributed by atoms with van der Waals surface area (Å²) in [6.07, 6.45) is 0.677. The summed E-state index contributed by atoms with van der Waals surface area (Å²) in [5.41, 5.74) is 2.83. The number of nitrogens with one attached hydrogen (secondary N) is 2. The second kappa shape index (κ2) is 4.73. The molecule has 2 aromatic rings. The summed E-state index contributed by atoms with van der Waals surface area (Å²) in [6, 6.07) is 5.94. The largest absolute Gasteiger partial charge is 0.381 e. The Bertz CT molecular complexity index is 772. The fourth-order valence-electron chi connectivity index (χ4n) is 2.60. The molecule has 114 valence electrons. The molecule has 0 bridgehead atoms. The van der Waals surface area contributed by atoms with E-state index in [0.29, 0.717) is 6.42 Å². The molecule has 1 aliphatic rings. The Morgan fingerprint density at radius 1 is 1.33 bits per heavy atom. The highest BCUT2D eigenvalue weighted by Crippen LogP contribution is 2.25. The van der Waals surface area contributed by atoms with Gasteiger partial charge in [0.25, 0.3) is 0 Å². The van der Waals surface area contributed by atoms with E-state index in [-0.39, 0.29) is 23.0 Å². The number of sulfone groups is 1. The van der Waals surface area contributed by atoms with Crippen LogP contribution >= 0.6 is 0 Å². The second-order valence-corrected chi connectivity index (χ2v) is 9.04. The Kier molecular flexibility index (Phi) is 3.24. The van der Waals surface area contributed by atoms with Gasteiger partial charge in [-0.3, -0.25) is 0 Å². The van der Waals surface area contributed by atoms with E-state index in [2.05, 4.69) is 36.1 Å². The van der Waals surface area contributed by atoms with Crippen LogP contribution in [0.3, 0.4) is 0 Å². The second-order valence-electron chi connectivity index (χ2n) is 6.81. The minimum Gasteiger partial charge on any atom is -0.381 e.